The van der Waals surface area contributed by atoms with Crippen LogP contribution in [0.2, 0.25) is 0 Å². The van der Waals surface area contributed by atoms with Crippen LogP contribution in [0.4, 0.5) is 4.79 Å². The zero-order valence-electron chi connectivity index (χ0n) is 20.5. The van der Waals surface area contributed by atoms with Gasteiger partial charge in [-0.05, 0) is 48.9 Å². The number of carbonyl (C=O) groups excluding carboxylic acids is 2. The van der Waals surface area contributed by atoms with E-state index in [1.54, 1.807) is 4.90 Å². The summed E-state index contributed by atoms with van der Waals surface area (Å²) in [5, 5.41) is 11.9. The Kier molecular flexibility index (Phi) is 7.43. The first-order valence-corrected chi connectivity index (χ1v) is 12.4. The molecule has 2 aliphatic carbocycles. The van der Waals surface area contributed by atoms with Crippen molar-refractivity contribution in [1.82, 2.24) is 10.2 Å². The number of fused-ring (bicyclic) bond motifs is 3. The Morgan fingerprint density at radius 3 is 2.14 bits per heavy atom. The molecule has 0 aromatic heterocycles. The van der Waals surface area contributed by atoms with Crippen molar-refractivity contribution in [2.45, 2.75) is 57.9 Å². The van der Waals surface area contributed by atoms with Gasteiger partial charge in [-0.25, -0.2) is 4.79 Å². The highest BCUT2D eigenvalue weighted by Crippen LogP contribution is 2.44. The first kappa shape index (κ1) is 24.8. The molecule has 0 spiro atoms. The molecular formula is C28H34N2O5. The fourth-order valence-corrected chi connectivity index (χ4v) is 5.52. The van der Waals surface area contributed by atoms with Gasteiger partial charge >= 0.3 is 12.1 Å². The molecule has 1 fully saturated rings. The molecule has 2 aromatic rings. The van der Waals surface area contributed by atoms with Gasteiger partial charge in [-0.15, -0.1) is 0 Å². The van der Waals surface area contributed by atoms with E-state index in [4.69, 9.17) is 9.84 Å². The first-order valence-electron chi connectivity index (χ1n) is 12.4. The standard InChI is InChI=1S/C28H34N2O5/c1-19(2)30(16-13-25(31)32)26(33)28(14-7-8-15-28)18-29-27(34)35-17-24-22-11-5-3-9-20(22)21-10-4-6-12-23(21)24/h3-6,9-12,19,24H,7-8,13-18H2,1-2H3,(H,29,34)(H,31,32). The molecule has 0 bridgehead atoms. The quantitative estimate of drug-likeness (QED) is 0.540. The highest BCUT2D eigenvalue weighted by atomic mass is 16.5. The van der Waals surface area contributed by atoms with E-state index in [0.717, 1.165) is 24.0 Å². The molecule has 2 N–H and O–H groups in total. The zero-order chi connectivity index (χ0) is 25.0. The first-order chi connectivity index (χ1) is 16.8. The van der Waals surface area contributed by atoms with Crippen molar-refractivity contribution >= 4 is 18.0 Å². The lowest BCUT2D eigenvalue weighted by molar-refractivity contribution is -0.145. The smallest absolute Gasteiger partial charge is 0.407 e. The number of aliphatic carboxylic acids is 1. The van der Waals surface area contributed by atoms with Crippen molar-refractivity contribution in [3.8, 4) is 11.1 Å². The molecule has 0 saturated heterocycles. The van der Waals surface area contributed by atoms with Crippen LogP contribution in [0.3, 0.4) is 0 Å². The maximum atomic E-state index is 13.5. The Morgan fingerprint density at radius 2 is 1.60 bits per heavy atom. The lowest BCUT2D eigenvalue weighted by Gasteiger charge is -2.36. The summed E-state index contributed by atoms with van der Waals surface area (Å²) in [6.07, 6.45) is 2.52. The second-order valence-corrected chi connectivity index (χ2v) is 9.90. The van der Waals surface area contributed by atoms with Gasteiger partial charge in [0.2, 0.25) is 5.91 Å². The van der Waals surface area contributed by atoms with Crippen molar-refractivity contribution in [2.75, 3.05) is 19.7 Å². The van der Waals surface area contributed by atoms with Gasteiger partial charge in [0.25, 0.3) is 0 Å². The molecule has 35 heavy (non-hydrogen) atoms. The minimum absolute atomic E-state index is 0.0253. The Hall–Kier alpha value is -3.35. The largest absolute Gasteiger partial charge is 0.481 e. The van der Waals surface area contributed by atoms with Crippen LogP contribution < -0.4 is 5.32 Å². The number of hydrogen-bond acceptors (Lipinski definition) is 4. The van der Waals surface area contributed by atoms with E-state index >= 15 is 0 Å². The summed E-state index contributed by atoms with van der Waals surface area (Å²) in [5.74, 6) is -1.03. The van der Waals surface area contributed by atoms with Crippen LogP contribution in [0.1, 0.15) is 63.0 Å². The van der Waals surface area contributed by atoms with Gasteiger partial charge in [0.15, 0.2) is 0 Å². The maximum absolute atomic E-state index is 13.5. The lowest BCUT2D eigenvalue weighted by Crippen LogP contribution is -2.51. The highest BCUT2D eigenvalue weighted by molar-refractivity contribution is 5.85. The molecule has 0 heterocycles. The van der Waals surface area contributed by atoms with Gasteiger partial charge < -0.3 is 20.1 Å². The van der Waals surface area contributed by atoms with Crippen molar-refractivity contribution in [1.29, 1.82) is 0 Å². The minimum Gasteiger partial charge on any atom is -0.481 e. The van der Waals surface area contributed by atoms with Gasteiger partial charge in [0, 0.05) is 25.0 Å². The van der Waals surface area contributed by atoms with Crippen molar-refractivity contribution in [2.24, 2.45) is 5.41 Å². The molecule has 0 unspecified atom stereocenters. The predicted molar refractivity (Wildman–Crippen MR) is 133 cm³/mol. The number of hydrogen-bond donors (Lipinski definition) is 2. The lowest BCUT2D eigenvalue weighted by atomic mass is 9.84. The van der Waals surface area contributed by atoms with Crippen LogP contribution in [-0.2, 0) is 14.3 Å². The van der Waals surface area contributed by atoms with E-state index in [9.17, 15) is 14.4 Å². The van der Waals surface area contributed by atoms with Crippen LogP contribution in [0.25, 0.3) is 11.1 Å². The molecule has 1 saturated carbocycles. The van der Waals surface area contributed by atoms with E-state index < -0.39 is 17.5 Å². The molecule has 7 heteroatoms. The van der Waals surface area contributed by atoms with Crippen molar-refractivity contribution < 1.29 is 24.2 Å². The number of ether oxygens (including phenoxy) is 1. The Bertz CT molecular complexity index is 1040. The molecule has 2 amide bonds. The van der Waals surface area contributed by atoms with Crippen molar-refractivity contribution in [3.63, 3.8) is 0 Å². The normalized spacial score (nSPS) is 16.0. The number of alkyl carbamates (subject to hydrolysis) is 1. The molecule has 2 aliphatic rings. The number of rotatable bonds is 9. The van der Waals surface area contributed by atoms with Gasteiger partial charge in [-0.3, -0.25) is 9.59 Å². The minimum atomic E-state index is -0.930. The average Bonchev–Trinajstić information content (AvgIpc) is 3.45. The fraction of sp³-hybridized carbons (Fsp3) is 0.464. The summed E-state index contributed by atoms with van der Waals surface area (Å²) in [6.45, 7) is 4.36. The topological polar surface area (TPSA) is 95.9 Å². The average molecular weight is 479 g/mol. The van der Waals surface area contributed by atoms with Crippen LogP contribution in [0.15, 0.2) is 48.5 Å². The van der Waals surface area contributed by atoms with Crippen LogP contribution in [-0.4, -0.2) is 53.7 Å². The molecular weight excluding hydrogens is 444 g/mol. The highest BCUT2D eigenvalue weighted by Gasteiger charge is 2.44. The molecule has 0 atom stereocenters. The summed E-state index contributed by atoms with van der Waals surface area (Å²) < 4.78 is 5.66. The fourth-order valence-electron chi connectivity index (χ4n) is 5.52. The van der Waals surface area contributed by atoms with E-state index in [-0.39, 0.29) is 44.0 Å². The van der Waals surface area contributed by atoms with Crippen LogP contribution >= 0.6 is 0 Å². The number of carboxylic acid groups (broad SMARTS) is 1. The van der Waals surface area contributed by atoms with E-state index in [2.05, 4.69) is 29.6 Å². The molecule has 7 nitrogen and oxygen atoms in total. The third-order valence-electron chi connectivity index (χ3n) is 7.38. The number of carbonyl (C=O) groups is 3. The van der Waals surface area contributed by atoms with Crippen molar-refractivity contribution in [3.05, 3.63) is 59.7 Å². The number of nitrogens with one attached hydrogen (secondary N) is 1. The number of nitrogens with zero attached hydrogens (tertiary/aromatic N) is 1. The molecule has 186 valence electrons. The van der Waals surface area contributed by atoms with Gasteiger partial charge in [0.1, 0.15) is 6.61 Å². The Morgan fingerprint density at radius 1 is 1.03 bits per heavy atom. The number of benzene rings is 2. The number of amides is 2. The maximum Gasteiger partial charge on any atom is 0.407 e. The predicted octanol–water partition coefficient (Wildman–Crippen LogP) is 4.80. The number of carboxylic acids is 1. The van der Waals surface area contributed by atoms with E-state index in [1.165, 1.54) is 11.1 Å². The second-order valence-electron chi connectivity index (χ2n) is 9.90. The SMILES string of the molecule is CC(C)N(CCC(=O)O)C(=O)C1(CNC(=O)OCC2c3ccccc3-c3ccccc32)CCCC1. The summed E-state index contributed by atoms with van der Waals surface area (Å²) in [5.41, 5.74) is 3.92. The second kappa shape index (κ2) is 10.5. The van der Waals surface area contributed by atoms with Crippen LogP contribution in [0.5, 0.6) is 0 Å². The summed E-state index contributed by atoms with van der Waals surface area (Å²) >= 11 is 0. The third kappa shape index (κ3) is 5.19. The van der Waals surface area contributed by atoms with Gasteiger partial charge in [-0.1, -0.05) is 61.4 Å². The van der Waals surface area contributed by atoms with Crippen LogP contribution in [0, 0.1) is 5.41 Å². The zero-order valence-corrected chi connectivity index (χ0v) is 20.5. The summed E-state index contributed by atoms with van der Waals surface area (Å²) in [6, 6.07) is 16.2. The Labute approximate surface area is 206 Å². The monoisotopic (exact) mass is 478 g/mol. The van der Waals surface area contributed by atoms with E-state index in [0.29, 0.717) is 12.8 Å². The van der Waals surface area contributed by atoms with Gasteiger partial charge in [-0.2, -0.15) is 0 Å². The molecule has 0 aliphatic heterocycles. The molecule has 0 radical (unpaired) electrons. The summed E-state index contributed by atoms with van der Waals surface area (Å²) in [4.78, 5) is 39.0. The van der Waals surface area contributed by atoms with Gasteiger partial charge in [0.05, 0.1) is 11.8 Å². The Balaban J connectivity index is 1.40. The molecule has 2 aromatic carbocycles. The third-order valence-corrected chi connectivity index (χ3v) is 7.38. The molecule has 4 rings (SSSR count). The van der Waals surface area contributed by atoms with E-state index in [1.807, 2.05) is 38.1 Å². The summed E-state index contributed by atoms with van der Waals surface area (Å²) in [7, 11) is 0.